The average Bonchev–Trinajstić information content (AvgIpc) is 3.17. The maximum Gasteiger partial charge on any atom is 0.348 e. The number of thiophene rings is 1. The summed E-state index contributed by atoms with van der Waals surface area (Å²) < 4.78 is 7.40. The van der Waals surface area contributed by atoms with Crippen LogP contribution in [0.2, 0.25) is 0 Å². The normalized spacial score (nSPS) is 11.0. The minimum absolute atomic E-state index is 0.275. The minimum Gasteiger partial charge on any atom is -0.457 e. The molecule has 0 saturated heterocycles. The number of benzene rings is 1. The number of anilines is 1. The third kappa shape index (κ3) is 3.39. The van der Waals surface area contributed by atoms with E-state index in [0.29, 0.717) is 4.88 Å². The van der Waals surface area contributed by atoms with E-state index >= 15 is 0 Å². The van der Waals surface area contributed by atoms with Gasteiger partial charge in [-0.25, -0.2) is 4.79 Å². The van der Waals surface area contributed by atoms with Crippen LogP contribution in [-0.4, -0.2) is 28.8 Å². The van der Waals surface area contributed by atoms with Crippen molar-refractivity contribution in [2.24, 2.45) is 7.05 Å². The van der Waals surface area contributed by atoms with Gasteiger partial charge >= 0.3 is 5.97 Å². The fraction of sp³-hybridized carbons (Fsp3) is 0.368. The number of aryl methyl sites for hydroxylation is 2. The topological polar surface area (TPSA) is 47.4 Å². The molecule has 6 heteroatoms. The Balaban J connectivity index is 1.77. The summed E-state index contributed by atoms with van der Waals surface area (Å²) in [6.07, 6.45) is 0. The summed E-state index contributed by atoms with van der Waals surface area (Å²) >= 11 is 1.42. The molecule has 0 N–H and O–H groups in total. The molecule has 0 aliphatic heterocycles. The Kier molecular flexibility index (Phi) is 5.08. The van der Waals surface area contributed by atoms with Gasteiger partial charge in [0.2, 0.25) is 0 Å². The van der Waals surface area contributed by atoms with E-state index in [1.165, 1.54) is 11.3 Å². The highest BCUT2D eigenvalue weighted by Crippen LogP contribution is 2.28. The van der Waals surface area contributed by atoms with E-state index in [0.717, 1.165) is 40.3 Å². The minimum atomic E-state index is -0.282. The van der Waals surface area contributed by atoms with E-state index in [1.54, 1.807) is 0 Å². The van der Waals surface area contributed by atoms with Gasteiger partial charge in [0.1, 0.15) is 16.3 Å². The van der Waals surface area contributed by atoms with Crippen molar-refractivity contribution in [1.29, 1.82) is 0 Å². The van der Waals surface area contributed by atoms with Crippen LogP contribution in [0.15, 0.2) is 30.3 Å². The summed E-state index contributed by atoms with van der Waals surface area (Å²) in [6, 6.07) is 9.96. The lowest BCUT2D eigenvalue weighted by Gasteiger charge is -2.23. The maximum atomic E-state index is 12.5. The van der Waals surface area contributed by atoms with Crippen molar-refractivity contribution in [3.63, 3.8) is 0 Å². The van der Waals surface area contributed by atoms with Gasteiger partial charge in [-0.05, 0) is 32.9 Å². The highest BCUT2D eigenvalue weighted by atomic mass is 32.1. The van der Waals surface area contributed by atoms with E-state index in [4.69, 9.17) is 4.74 Å². The Morgan fingerprint density at radius 2 is 2.00 bits per heavy atom. The Morgan fingerprint density at radius 1 is 1.28 bits per heavy atom. The van der Waals surface area contributed by atoms with Gasteiger partial charge in [0.15, 0.2) is 0 Å². The molecular formula is C19H23N3O2S. The number of nitrogens with zero attached hydrogens (tertiary/aromatic N) is 3. The molecule has 2 heterocycles. The van der Waals surface area contributed by atoms with Crippen LogP contribution in [0.25, 0.3) is 10.2 Å². The summed E-state index contributed by atoms with van der Waals surface area (Å²) in [7, 11) is 1.89. The zero-order valence-corrected chi connectivity index (χ0v) is 15.9. The van der Waals surface area contributed by atoms with Crippen LogP contribution in [0.5, 0.6) is 0 Å². The number of hydrogen-bond donors (Lipinski definition) is 0. The lowest BCUT2D eigenvalue weighted by atomic mass is 10.1. The Bertz CT molecular complexity index is 859. The number of carbonyl (C=O) groups excluding carboxylic acids is 1. The van der Waals surface area contributed by atoms with Crippen molar-refractivity contribution >= 4 is 33.2 Å². The molecule has 1 aromatic carbocycles. The molecule has 5 nitrogen and oxygen atoms in total. The van der Waals surface area contributed by atoms with E-state index in [1.807, 2.05) is 42.9 Å². The molecule has 25 heavy (non-hydrogen) atoms. The van der Waals surface area contributed by atoms with Gasteiger partial charge in [0, 0.05) is 36.8 Å². The van der Waals surface area contributed by atoms with Crippen molar-refractivity contribution < 1.29 is 9.53 Å². The third-order valence-corrected chi connectivity index (χ3v) is 5.53. The second kappa shape index (κ2) is 7.27. The van der Waals surface area contributed by atoms with E-state index < -0.39 is 0 Å². The first-order valence-electron chi connectivity index (χ1n) is 8.48. The second-order valence-electron chi connectivity index (χ2n) is 5.92. The van der Waals surface area contributed by atoms with Crippen molar-refractivity contribution in [2.75, 3.05) is 18.0 Å². The number of ether oxygens (including phenoxy) is 1. The molecular weight excluding hydrogens is 334 g/mol. The molecule has 0 radical (unpaired) electrons. The first-order chi connectivity index (χ1) is 12.0. The van der Waals surface area contributed by atoms with Gasteiger partial charge in [0.25, 0.3) is 0 Å². The first-order valence-corrected chi connectivity index (χ1v) is 9.29. The van der Waals surface area contributed by atoms with Crippen LogP contribution in [0.3, 0.4) is 0 Å². The average molecular weight is 357 g/mol. The van der Waals surface area contributed by atoms with Crippen LogP contribution in [0, 0.1) is 6.92 Å². The molecule has 0 unspecified atom stereocenters. The van der Waals surface area contributed by atoms with Gasteiger partial charge < -0.3 is 9.64 Å². The van der Waals surface area contributed by atoms with E-state index in [2.05, 4.69) is 29.9 Å². The lowest BCUT2D eigenvalue weighted by Crippen LogP contribution is -2.23. The van der Waals surface area contributed by atoms with Gasteiger partial charge in [-0.3, -0.25) is 4.68 Å². The molecule has 0 atom stereocenters. The molecule has 0 aliphatic carbocycles. The molecule has 132 valence electrons. The maximum absolute atomic E-state index is 12.5. The molecule has 0 bridgehead atoms. The molecule has 0 fully saturated rings. The van der Waals surface area contributed by atoms with Crippen LogP contribution >= 0.6 is 11.3 Å². The summed E-state index contributed by atoms with van der Waals surface area (Å²) in [5.41, 5.74) is 3.08. The first kappa shape index (κ1) is 17.5. The quantitative estimate of drug-likeness (QED) is 0.622. The van der Waals surface area contributed by atoms with E-state index in [-0.39, 0.29) is 12.6 Å². The summed E-state index contributed by atoms with van der Waals surface area (Å²) in [5, 5.41) is 5.38. The van der Waals surface area contributed by atoms with Gasteiger partial charge in [-0.15, -0.1) is 11.3 Å². The predicted octanol–water partition coefficient (Wildman–Crippen LogP) is 4.15. The zero-order chi connectivity index (χ0) is 18.0. The third-order valence-electron chi connectivity index (χ3n) is 4.35. The number of aromatic nitrogens is 2. The smallest absolute Gasteiger partial charge is 0.348 e. The Hall–Kier alpha value is -2.34. The number of fused-ring (bicyclic) bond motifs is 1. The Morgan fingerprint density at radius 3 is 2.68 bits per heavy atom. The van der Waals surface area contributed by atoms with Crippen molar-refractivity contribution in [3.05, 3.63) is 46.5 Å². The van der Waals surface area contributed by atoms with Crippen molar-refractivity contribution in [3.8, 4) is 0 Å². The van der Waals surface area contributed by atoms with E-state index in [9.17, 15) is 4.79 Å². The molecule has 3 aromatic rings. The zero-order valence-electron chi connectivity index (χ0n) is 15.1. The number of hydrogen-bond acceptors (Lipinski definition) is 5. The van der Waals surface area contributed by atoms with Crippen LogP contribution < -0.4 is 4.90 Å². The summed E-state index contributed by atoms with van der Waals surface area (Å²) in [5.74, 6) is -0.282. The number of rotatable bonds is 6. The predicted molar refractivity (Wildman–Crippen MR) is 102 cm³/mol. The van der Waals surface area contributed by atoms with Crippen LogP contribution in [0.1, 0.15) is 34.8 Å². The molecule has 3 rings (SSSR count). The highest BCUT2D eigenvalue weighted by Gasteiger charge is 2.17. The fourth-order valence-electron chi connectivity index (χ4n) is 3.03. The largest absolute Gasteiger partial charge is 0.457 e. The standard InChI is InChI=1S/C19H23N3O2S/c1-5-22(6-2)16-10-8-7-9-14(16)12-24-19(23)17-11-15-13(3)20-21(4)18(15)25-17/h7-11H,5-6,12H2,1-4H3. The van der Waals surface area contributed by atoms with Crippen LogP contribution in [0.4, 0.5) is 5.69 Å². The summed E-state index contributed by atoms with van der Waals surface area (Å²) in [6.45, 7) is 8.31. The molecule has 0 aliphatic rings. The molecule has 0 amide bonds. The summed E-state index contributed by atoms with van der Waals surface area (Å²) in [4.78, 5) is 16.3. The van der Waals surface area contributed by atoms with Gasteiger partial charge in [-0.2, -0.15) is 5.10 Å². The Labute approximate surface area is 151 Å². The fourth-order valence-corrected chi connectivity index (χ4v) is 4.04. The lowest BCUT2D eigenvalue weighted by molar-refractivity contribution is 0.0479. The number of carbonyl (C=O) groups is 1. The van der Waals surface area contributed by atoms with Gasteiger partial charge in [-0.1, -0.05) is 18.2 Å². The number of esters is 1. The number of para-hydroxylation sites is 1. The SMILES string of the molecule is CCN(CC)c1ccccc1COC(=O)c1cc2c(C)nn(C)c2s1. The second-order valence-corrected chi connectivity index (χ2v) is 6.95. The molecule has 0 saturated carbocycles. The van der Waals surface area contributed by atoms with Gasteiger partial charge in [0.05, 0.1) is 5.69 Å². The molecule has 0 spiro atoms. The van der Waals surface area contributed by atoms with Crippen LogP contribution in [-0.2, 0) is 18.4 Å². The molecule has 2 aromatic heterocycles. The monoisotopic (exact) mass is 357 g/mol. The van der Waals surface area contributed by atoms with Crippen molar-refractivity contribution in [1.82, 2.24) is 9.78 Å². The van der Waals surface area contributed by atoms with Crippen molar-refractivity contribution in [2.45, 2.75) is 27.4 Å². The highest BCUT2D eigenvalue weighted by molar-refractivity contribution is 7.20.